The molecule has 0 aliphatic heterocycles. The summed E-state index contributed by atoms with van der Waals surface area (Å²) in [5, 5.41) is 0. The molecule has 0 aromatic heterocycles. The minimum absolute atomic E-state index is 0.595. The van der Waals surface area contributed by atoms with Crippen molar-refractivity contribution in [3.8, 4) is 23.0 Å². The maximum Gasteiger partial charge on any atom is 0.126 e. The van der Waals surface area contributed by atoms with Crippen LogP contribution in [0.2, 0.25) is 0 Å². The van der Waals surface area contributed by atoms with E-state index in [4.69, 9.17) is 18.9 Å². The first-order chi connectivity index (χ1) is 12.2. The quantitative estimate of drug-likeness (QED) is 0.616. The van der Waals surface area contributed by atoms with Crippen LogP contribution < -0.4 is 18.9 Å². The lowest BCUT2D eigenvalue weighted by Crippen LogP contribution is -2.01. The van der Waals surface area contributed by atoms with E-state index in [9.17, 15) is 0 Å². The topological polar surface area (TPSA) is 36.9 Å². The van der Waals surface area contributed by atoms with Crippen molar-refractivity contribution in [2.75, 3.05) is 26.4 Å². The Morgan fingerprint density at radius 2 is 1.00 bits per heavy atom. The van der Waals surface area contributed by atoms with Gasteiger partial charge < -0.3 is 18.9 Å². The first-order valence-corrected chi connectivity index (χ1v) is 8.85. The molecule has 0 spiro atoms. The van der Waals surface area contributed by atoms with Gasteiger partial charge in [-0.3, -0.25) is 0 Å². The summed E-state index contributed by atoms with van der Waals surface area (Å²) < 4.78 is 22.7. The molecule has 0 saturated heterocycles. The van der Waals surface area contributed by atoms with Crippen LogP contribution in [-0.2, 0) is 0 Å². The molecule has 2 aromatic rings. The smallest absolute Gasteiger partial charge is 0.126 e. The van der Waals surface area contributed by atoms with E-state index in [1.165, 1.54) is 0 Å². The molecule has 4 heteroatoms. The molecular weight excluding hydrogens is 316 g/mol. The fourth-order valence-electron chi connectivity index (χ4n) is 2.51. The standard InChI is InChI=1S/C21H27O4/c1-5-22-18-11-9-16(20(14-18)24-7-3)13-17-10-12-19(23-6-2)15-21(17)25-8-4/h9-15H,5-8H2,1-4H3. The summed E-state index contributed by atoms with van der Waals surface area (Å²) in [6, 6.07) is 11.8. The maximum absolute atomic E-state index is 5.78. The molecule has 0 amide bonds. The average Bonchev–Trinajstić information content (AvgIpc) is 2.60. The summed E-state index contributed by atoms with van der Waals surface area (Å²) in [6.45, 7) is 10.3. The first-order valence-electron chi connectivity index (χ1n) is 8.85. The highest BCUT2D eigenvalue weighted by Crippen LogP contribution is 2.33. The van der Waals surface area contributed by atoms with Crippen LogP contribution in [0.4, 0.5) is 0 Å². The minimum Gasteiger partial charge on any atom is -0.494 e. The first kappa shape index (κ1) is 19.0. The van der Waals surface area contributed by atoms with Crippen LogP contribution in [0, 0.1) is 6.42 Å². The third kappa shape index (κ3) is 5.31. The van der Waals surface area contributed by atoms with Gasteiger partial charge in [0, 0.05) is 29.7 Å². The Bertz CT molecular complexity index is 609. The molecule has 0 atom stereocenters. The van der Waals surface area contributed by atoms with Gasteiger partial charge in [-0.15, -0.1) is 0 Å². The highest BCUT2D eigenvalue weighted by Gasteiger charge is 2.12. The summed E-state index contributed by atoms with van der Waals surface area (Å²) in [6.07, 6.45) is 2.06. The van der Waals surface area contributed by atoms with Crippen LogP contribution >= 0.6 is 0 Å². The van der Waals surface area contributed by atoms with E-state index in [1.807, 2.05) is 64.1 Å². The highest BCUT2D eigenvalue weighted by atomic mass is 16.5. The average molecular weight is 343 g/mol. The van der Waals surface area contributed by atoms with E-state index in [2.05, 4.69) is 6.42 Å². The van der Waals surface area contributed by atoms with E-state index in [0.717, 1.165) is 34.1 Å². The number of rotatable bonds is 10. The van der Waals surface area contributed by atoms with E-state index in [1.54, 1.807) is 0 Å². The van der Waals surface area contributed by atoms with Gasteiger partial charge in [0.25, 0.3) is 0 Å². The summed E-state index contributed by atoms with van der Waals surface area (Å²) in [5.74, 6) is 3.20. The van der Waals surface area contributed by atoms with E-state index in [0.29, 0.717) is 26.4 Å². The van der Waals surface area contributed by atoms with Gasteiger partial charge in [0.1, 0.15) is 23.0 Å². The molecule has 2 rings (SSSR count). The van der Waals surface area contributed by atoms with Gasteiger partial charge in [-0.1, -0.05) is 12.1 Å². The SMILES string of the molecule is CCOc1ccc([CH]c2ccc(OCC)cc2OCC)c(OCC)c1. The van der Waals surface area contributed by atoms with E-state index >= 15 is 0 Å². The van der Waals surface area contributed by atoms with Gasteiger partial charge in [0.05, 0.1) is 26.4 Å². The van der Waals surface area contributed by atoms with Gasteiger partial charge in [-0.25, -0.2) is 0 Å². The molecule has 0 heterocycles. The van der Waals surface area contributed by atoms with E-state index in [-0.39, 0.29) is 0 Å². The molecule has 2 aromatic carbocycles. The molecule has 0 saturated carbocycles. The predicted molar refractivity (Wildman–Crippen MR) is 100 cm³/mol. The van der Waals surface area contributed by atoms with Crippen LogP contribution in [0.5, 0.6) is 23.0 Å². The van der Waals surface area contributed by atoms with Crippen molar-refractivity contribution in [2.24, 2.45) is 0 Å². The number of hydrogen-bond acceptors (Lipinski definition) is 4. The zero-order chi connectivity index (χ0) is 18.1. The normalized spacial score (nSPS) is 10.4. The Morgan fingerprint density at radius 1 is 0.600 bits per heavy atom. The van der Waals surface area contributed by atoms with E-state index < -0.39 is 0 Å². The van der Waals surface area contributed by atoms with Crippen molar-refractivity contribution in [3.63, 3.8) is 0 Å². The third-order valence-electron chi connectivity index (χ3n) is 3.50. The van der Waals surface area contributed by atoms with Crippen molar-refractivity contribution in [3.05, 3.63) is 53.9 Å². The van der Waals surface area contributed by atoms with Crippen LogP contribution in [0.3, 0.4) is 0 Å². The second-order valence-electron chi connectivity index (χ2n) is 5.28. The van der Waals surface area contributed by atoms with Crippen molar-refractivity contribution < 1.29 is 18.9 Å². The van der Waals surface area contributed by atoms with Crippen LogP contribution in [0.15, 0.2) is 36.4 Å². The molecule has 25 heavy (non-hydrogen) atoms. The molecule has 0 aliphatic carbocycles. The van der Waals surface area contributed by atoms with Gasteiger partial charge >= 0.3 is 0 Å². The van der Waals surface area contributed by atoms with Gasteiger partial charge in [0.2, 0.25) is 0 Å². The minimum atomic E-state index is 0.595. The Morgan fingerprint density at radius 3 is 1.36 bits per heavy atom. The lowest BCUT2D eigenvalue weighted by molar-refractivity contribution is 0.320. The van der Waals surface area contributed by atoms with Crippen LogP contribution in [0.25, 0.3) is 0 Å². The summed E-state index contributed by atoms with van der Waals surface area (Å²) >= 11 is 0. The molecule has 0 N–H and O–H groups in total. The molecule has 0 fully saturated rings. The number of benzene rings is 2. The monoisotopic (exact) mass is 343 g/mol. The Labute approximate surface area is 150 Å². The Balaban J connectivity index is 2.31. The summed E-state index contributed by atoms with van der Waals surface area (Å²) in [5.41, 5.74) is 1.96. The van der Waals surface area contributed by atoms with Gasteiger partial charge in [0.15, 0.2) is 0 Å². The number of ether oxygens (including phenoxy) is 4. The molecule has 4 nitrogen and oxygen atoms in total. The molecular formula is C21H27O4. The van der Waals surface area contributed by atoms with Gasteiger partial charge in [-0.2, -0.15) is 0 Å². The fourth-order valence-corrected chi connectivity index (χ4v) is 2.51. The Hall–Kier alpha value is -2.36. The second kappa shape index (κ2) is 9.82. The molecule has 1 radical (unpaired) electrons. The highest BCUT2D eigenvalue weighted by molar-refractivity contribution is 5.54. The van der Waals surface area contributed by atoms with Crippen molar-refractivity contribution in [2.45, 2.75) is 27.7 Å². The Kier molecular flexibility index (Phi) is 7.45. The second-order valence-corrected chi connectivity index (χ2v) is 5.28. The van der Waals surface area contributed by atoms with Crippen molar-refractivity contribution >= 4 is 0 Å². The van der Waals surface area contributed by atoms with Crippen molar-refractivity contribution in [1.29, 1.82) is 0 Å². The predicted octanol–water partition coefficient (Wildman–Crippen LogP) is 4.88. The van der Waals surface area contributed by atoms with Crippen molar-refractivity contribution in [1.82, 2.24) is 0 Å². The fraction of sp³-hybridized carbons (Fsp3) is 0.381. The lowest BCUT2D eigenvalue weighted by atomic mass is 10.0. The van der Waals surface area contributed by atoms with Crippen LogP contribution in [-0.4, -0.2) is 26.4 Å². The molecule has 135 valence electrons. The molecule has 0 bridgehead atoms. The molecule has 0 aliphatic rings. The largest absolute Gasteiger partial charge is 0.494 e. The summed E-state index contributed by atoms with van der Waals surface area (Å²) in [7, 11) is 0. The molecule has 0 unspecified atom stereocenters. The van der Waals surface area contributed by atoms with Crippen LogP contribution in [0.1, 0.15) is 38.8 Å². The zero-order valence-electron chi connectivity index (χ0n) is 15.5. The lowest BCUT2D eigenvalue weighted by Gasteiger charge is -2.15. The number of hydrogen-bond donors (Lipinski definition) is 0. The third-order valence-corrected chi connectivity index (χ3v) is 3.50. The maximum atomic E-state index is 5.78. The van der Waals surface area contributed by atoms with Gasteiger partial charge in [-0.05, 0) is 39.8 Å². The summed E-state index contributed by atoms with van der Waals surface area (Å²) in [4.78, 5) is 0. The zero-order valence-corrected chi connectivity index (χ0v) is 15.5.